The molecule has 0 aliphatic carbocycles. The Morgan fingerprint density at radius 1 is 1.40 bits per heavy atom. The standard InChI is InChI=1S/C9H16O/c1-4-5-6-7-8-10-9(2)3/h1,9H,5-8H2,2-3H3. The molecule has 1 nitrogen and oxygen atoms in total. The van der Waals surface area contributed by atoms with Crippen molar-refractivity contribution >= 4 is 0 Å². The van der Waals surface area contributed by atoms with E-state index in [-0.39, 0.29) is 0 Å². The Labute approximate surface area is 63.8 Å². The molecular weight excluding hydrogens is 124 g/mol. The predicted octanol–water partition coefficient (Wildman–Crippen LogP) is 2.21. The molecule has 10 heavy (non-hydrogen) atoms. The highest BCUT2D eigenvalue weighted by molar-refractivity contribution is 4.82. The summed E-state index contributed by atoms with van der Waals surface area (Å²) in [6, 6.07) is 0. The van der Waals surface area contributed by atoms with Gasteiger partial charge in [0.1, 0.15) is 0 Å². The number of unbranched alkanes of at least 4 members (excludes halogenated alkanes) is 2. The highest BCUT2D eigenvalue weighted by Crippen LogP contribution is 1.96. The van der Waals surface area contributed by atoms with Gasteiger partial charge in [0.05, 0.1) is 6.10 Å². The van der Waals surface area contributed by atoms with E-state index < -0.39 is 0 Å². The van der Waals surface area contributed by atoms with Gasteiger partial charge in [-0.2, -0.15) is 0 Å². The molecule has 0 heterocycles. The Morgan fingerprint density at radius 3 is 2.60 bits per heavy atom. The molecule has 0 aromatic heterocycles. The van der Waals surface area contributed by atoms with Crippen LogP contribution in [0.2, 0.25) is 0 Å². The molecule has 0 aliphatic rings. The molecule has 0 saturated heterocycles. The molecule has 0 aliphatic heterocycles. The molecule has 0 saturated carbocycles. The van der Waals surface area contributed by atoms with E-state index in [0.29, 0.717) is 6.10 Å². The summed E-state index contributed by atoms with van der Waals surface area (Å²) in [6.07, 6.45) is 8.48. The van der Waals surface area contributed by atoms with E-state index >= 15 is 0 Å². The van der Waals surface area contributed by atoms with Crippen LogP contribution >= 0.6 is 0 Å². The summed E-state index contributed by atoms with van der Waals surface area (Å²) in [7, 11) is 0. The topological polar surface area (TPSA) is 9.23 Å². The van der Waals surface area contributed by atoms with E-state index in [1.807, 2.05) is 13.8 Å². The van der Waals surface area contributed by atoms with Crippen LogP contribution in [0.25, 0.3) is 0 Å². The smallest absolute Gasteiger partial charge is 0.0518 e. The van der Waals surface area contributed by atoms with Crippen LogP contribution in [-0.4, -0.2) is 12.7 Å². The van der Waals surface area contributed by atoms with E-state index in [9.17, 15) is 0 Å². The first kappa shape index (κ1) is 9.52. The fourth-order valence-corrected chi connectivity index (χ4v) is 0.648. The SMILES string of the molecule is C#CCCCCOC(C)C. The minimum absolute atomic E-state index is 0.353. The third kappa shape index (κ3) is 7.52. The van der Waals surface area contributed by atoms with Gasteiger partial charge in [0, 0.05) is 13.0 Å². The van der Waals surface area contributed by atoms with Crippen molar-refractivity contribution in [2.24, 2.45) is 0 Å². The molecule has 0 N–H and O–H groups in total. The normalized spacial score (nSPS) is 9.80. The molecule has 0 rings (SSSR count). The summed E-state index contributed by atoms with van der Waals surface area (Å²) in [5, 5.41) is 0. The van der Waals surface area contributed by atoms with Gasteiger partial charge in [0.25, 0.3) is 0 Å². The fourth-order valence-electron chi connectivity index (χ4n) is 0.648. The summed E-state index contributed by atoms with van der Waals surface area (Å²) >= 11 is 0. The number of rotatable bonds is 5. The van der Waals surface area contributed by atoms with Gasteiger partial charge in [-0.15, -0.1) is 12.3 Å². The zero-order valence-corrected chi connectivity index (χ0v) is 6.89. The van der Waals surface area contributed by atoms with Gasteiger partial charge in [-0.25, -0.2) is 0 Å². The predicted molar refractivity (Wildman–Crippen MR) is 43.8 cm³/mol. The molecule has 0 aromatic rings. The van der Waals surface area contributed by atoms with Gasteiger partial charge in [0.2, 0.25) is 0 Å². The van der Waals surface area contributed by atoms with E-state index in [1.165, 1.54) is 0 Å². The Hall–Kier alpha value is -0.480. The lowest BCUT2D eigenvalue weighted by atomic mass is 10.2. The molecule has 58 valence electrons. The molecule has 0 atom stereocenters. The van der Waals surface area contributed by atoms with E-state index in [1.54, 1.807) is 0 Å². The van der Waals surface area contributed by atoms with Crippen molar-refractivity contribution in [2.75, 3.05) is 6.61 Å². The van der Waals surface area contributed by atoms with Crippen molar-refractivity contribution in [3.8, 4) is 12.3 Å². The second-order valence-corrected chi connectivity index (χ2v) is 2.58. The summed E-state index contributed by atoms with van der Waals surface area (Å²) in [5.74, 6) is 2.60. The minimum atomic E-state index is 0.353. The zero-order chi connectivity index (χ0) is 7.82. The Kier molecular flexibility index (Phi) is 6.32. The third-order valence-electron chi connectivity index (χ3n) is 1.17. The monoisotopic (exact) mass is 140 g/mol. The molecule has 0 bridgehead atoms. The number of hydrogen-bond acceptors (Lipinski definition) is 1. The summed E-state index contributed by atoms with van der Waals surface area (Å²) in [6.45, 7) is 4.93. The minimum Gasteiger partial charge on any atom is -0.379 e. The van der Waals surface area contributed by atoms with Crippen molar-refractivity contribution in [1.82, 2.24) is 0 Å². The second kappa shape index (κ2) is 6.64. The summed E-state index contributed by atoms with van der Waals surface area (Å²) in [4.78, 5) is 0. The van der Waals surface area contributed by atoms with Gasteiger partial charge in [-0.1, -0.05) is 0 Å². The van der Waals surface area contributed by atoms with Crippen LogP contribution < -0.4 is 0 Å². The van der Waals surface area contributed by atoms with Gasteiger partial charge in [0.15, 0.2) is 0 Å². The van der Waals surface area contributed by atoms with Crippen molar-refractivity contribution in [2.45, 2.75) is 39.2 Å². The number of ether oxygens (including phenoxy) is 1. The Morgan fingerprint density at radius 2 is 2.10 bits per heavy atom. The average Bonchev–Trinajstić information content (AvgIpc) is 1.87. The molecular formula is C9H16O. The molecule has 0 radical (unpaired) electrons. The second-order valence-electron chi connectivity index (χ2n) is 2.58. The first-order valence-electron chi connectivity index (χ1n) is 3.82. The number of terminal acetylenes is 1. The Bertz CT molecular complexity index is 99.8. The first-order chi connectivity index (χ1) is 4.77. The maximum atomic E-state index is 5.32. The van der Waals surface area contributed by atoms with Crippen molar-refractivity contribution < 1.29 is 4.74 Å². The maximum Gasteiger partial charge on any atom is 0.0518 e. The van der Waals surface area contributed by atoms with Crippen LogP contribution in [0.15, 0.2) is 0 Å². The molecule has 1 heteroatoms. The lowest BCUT2D eigenvalue weighted by molar-refractivity contribution is 0.0762. The zero-order valence-electron chi connectivity index (χ0n) is 6.89. The van der Waals surface area contributed by atoms with Crippen LogP contribution in [0.1, 0.15) is 33.1 Å². The largest absolute Gasteiger partial charge is 0.379 e. The van der Waals surface area contributed by atoms with Gasteiger partial charge >= 0.3 is 0 Å². The van der Waals surface area contributed by atoms with Crippen molar-refractivity contribution in [3.63, 3.8) is 0 Å². The highest BCUT2D eigenvalue weighted by atomic mass is 16.5. The third-order valence-corrected chi connectivity index (χ3v) is 1.17. The van der Waals surface area contributed by atoms with Crippen LogP contribution in [0.3, 0.4) is 0 Å². The average molecular weight is 140 g/mol. The fraction of sp³-hybridized carbons (Fsp3) is 0.778. The summed E-state index contributed by atoms with van der Waals surface area (Å²) in [5.41, 5.74) is 0. The van der Waals surface area contributed by atoms with Crippen LogP contribution in [-0.2, 0) is 4.74 Å². The first-order valence-corrected chi connectivity index (χ1v) is 3.82. The van der Waals surface area contributed by atoms with Crippen molar-refractivity contribution in [1.29, 1.82) is 0 Å². The van der Waals surface area contributed by atoms with Crippen LogP contribution in [0, 0.1) is 12.3 Å². The summed E-state index contributed by atoms with van der Waals surface area (Å²) < 4.78 is 5.32. The quantitative estimate of drug-likeness (QED) is 0.420. The van der Waals surface area contributed by atoms with E-state index in [2.05, 4.69) is 5.92 Å². The van der Waals surface area contributed by atoms with Crippen LogP contribution in [0.4, 0.5) is 0 Å². The van der Waals surface area contributed by atoms with Crippen LogP contribution in [0.5, 0.6) is 0 Å². The van der Waals surface area contributed by atoms with Gasteiger partial charge in [-0.05, 0) is 26.7 Å². The highest BCUT2D eigenvalue weighted by Gasteiger charge is 1.91. The van der Waals surface area contributed by atoms with E-state index in [0.717, 1.165) is 25.9 Å². The van der Waals surface area contributed by atoms with Gasteiger partial charge in [-0.3, -0.25) is 0 Å². The Balaban J connectivity index is 2.86. The molecule has 0 fully saturated rings. The lowest BCUT2D eigenvalue weighted by Crippen LogP contribution is -2.03. The molecule has 0 aromatic carbocycles. The van der Waals surface area contributed by atoms with Gasteiger partial charge < -0.3 is 4.74 Å². The molecule has 0 unspecified atom stereocenters. The molecule has 0 amide bonds. The van der Waals surface area contributed by atoms with E-state index in [4.69, 9.17) is 11.2 Å². The lowest BCUT2D eigenvalue weighted by Gasteiger charge is -2.05. The number of hydrogen-bond donors (Lipinski definition) is 0. The molecule has 0 spiro atoms. The maximum absolute atomic E-state index is 5.32. The van der Waals surface area contributed by atoms with Crippen molar-refractivity contribution in [3.05, 3.63) is 0 Å².